The second-order valence-corrected chi connectivity index (χ2v) is 8.19. The Labute approximate surface area is 201 Å². The first kappa shape index (κ1) is 24.8. The fraction of sp³-hybridized carbons (Fsp3) is 0.286. The minimum atomic E-state index is -0.381. The van der Waals surface area contributed by atoms with Crippen LogP contribution in [0.5, 0.6) is 11.5 Å². The number of hydrogen-bond donors (Lipinski definition) is 0. The number of methoxy groups -OCH3 is 1. The SMILES string of the molecule is CCN(CC)CCOc1ccc(/C(=C(\C)c2ccc(F)c(OC)c2)c2ccc(Cl)cc2)cc1. The predicted octanol–water partition coefficient (Wildman–Crippen LogP) is 7.19. The first-order chi connectivity index (χ1) is 16.0. The highest BCUT2D eigenvalue weighted by atomic mass is 35.5. The lowest BCUT2D eigenvalue weighted by Crippen LogP contribution is -2.27. The van der Waals surface area contributed by atoms with Gasteiger partial charge in [0.2, 0.25) is 0 Å². The van der Waals surface area contributed by atoms with Crippen molar-refractivity contribution in [2.24, 2.45) is 0 Å². The number of rotatable bonds is 10. The van der Waals surface area contributed by atoms with Gasteiger partial charge in [0.25, 0.3) is 0 Å². The van der Waals surface area contributed by atoms with E-state index in [1.165, 1.54) is 13.2 Å². The zero-order valence-corrected chi connectivity index (χ0v) is 20.5. The molecule has 5 heteroatoms. The number of allylic oxidation sites excluding steroid dienone is 1. The van der Waals surface area contributed by atoms with Crippen LogP contribution in [0.3, 0.4) is 0 Å². The lowest BCUT2D eigenvalue weighted by Gasteiger charge is -2.18. The van der Waals surface area contributed by atoms with Crippen LogP contribution in [-0.4, -0.2) is 38.3 Å². The van der Waals surface area contributed by atoms with Crippen LogP contribution < -0.4 is 9.47 Å². The molecular weight excluding hydrogens is 437 g/mol. The number of benzene rings is 3. The molecule has 0 aliphatic carbocycles. The molecule has 0 bridgehead atoms. The van der Waals surface area contributed by atoms with Gasteiger partial charge in [0.05, 0.1) is 7.11 Å². The Morgan fingerprint density at radius 3 is 2.03 bits per heavy atom. The molecule has 174 valence electrons. The number of ether oxygens (including phenoxy) is 2. The van der Waals surface area contributed by atoms with Gasteiger partial charge in [-0.2, -0.15) is 0 Å². The van der Waals surface area contributed by atoms with E-state index in [2.05, 4.69) is 30.9 Å². The van der Waals surface area contributed by atoms with Crippen LogP contribution in [0, 0.1) is 5.82 Å². The summed E-state index contributed by atoms with van der Waals surface area (Å²) in [7, 11) is 1.47. The van der Waals surface area contributed by atoms with E-state index in [0.29, 0.717) is 11.6 Å². The highest BCUT2D eigenvalue weighted by Gasteiger charge is 2.13. The second-order valence-electron chi connectivity index (χ2n) is 7.76. The van der Waals surface area contributed by atoms with Crippen LogP contribution in [0.2, 0.25) is 5.02 Å². The Morgan fingerprint density at radius 1 is 0.879 bits per heavy atom. The first-order valence-electron chi connectivity index (χ1n) is 11.2. The third-order valence-electron chi connectivity index (χ3n) is 5.81. The maximum Gasteiger partial charge on any atom is 0.165 e. The fourth-order valence-corrected chi connectivity index (χ4v) is 3.93. The third kappa shape index (κ3) is 6.37. The van der Waals surface area contributed by atoms with E-state index >= 15 is 0 Å². The van der Waals surface area contributed by atoms with Crippen molar-refractivity contribution < 1.29 is 13.9 Å². The number of likely N-dealkylation sites (N-methyl/N-ethyl adjacent to an activating group) is 1. The van der Waals surface area contributed by atoms with Crippen LogP contribution in [0.15, 0.2) is 66.7 Å². The van der Waals surface area contributed by atoms with Crippen molar-refractivity contribution in [1.29, 1.82) is 0 Å². The van der Waals surface area contributed by atoms with Gasteiger partial charge in [-0.25, -0.2) is 4.39 Å². The summed E-state index contributed by atoms with van der Waals surface area (Å²) in [5.41, 5.74) is 4.99. The van der Waals surface area contributed by atoms with Gasteiger partial charge in [0.15, 0.2) is 11.6 Å². The van der Waals surface area contributed by atoms with Gasteiger partial charge >= 0.3 is 0 Å². The summed E-state index contributed by atoms with van der Waals surface area (Å²) in [5.74, 6) is 0.676. The van der Waals surface area contributed by atoms with Crippen LogP contribution in [0.4, 0.5) is 4.39 Å². The molecule has 3 nitrogen and oxygen atoms in total. The molecule has 3 aromatic carbocycles. The van der Waals surface area contributed by atoms with Crippen LogP contribution >= 0.6 is 11.6 Å². The maximum atomic E-state index is 14.0. The molecule has 0 saturated carbocycles. The minimum absolute atomic E-state index is 0.222. The van der Waals surface area contributed by atoms with Crippen molar-refractivity contribution in [1.82, 2.24) is 4.90 Å². The first-order valence-corrected chi connectivity index (χ1v) is 11.6. The highest BCUT2D eigenvalue weighted by molar-refractivity contribution is 6.30. The van der Waals surface area contributed by atoms with E-state index in [1.54, 1.807) is 12.1 Å². The average molecular weight is 468 g/mol. The molecule has 0 heterocycles. The molecule has 0 spiro atoms. The standard InChI is InChI=1S/C28H31ClFNO2/c1-5-31(6-2)17-18-33-25-14-9-22(10-15-25)28(21-7-12-24(29)13-8-21)20(3)23-11-16-26(30)27(19-23)32-4/h7-16,19H,5-6,17-18H2,1-4H3/b28-20+. The largest absolute Gasteiger partial charge is 0.494 e. The molecular formula is C28H31ClFNO2. The van der Waals surface area contributed by atoms with Crippen LogP contribution in [0.1, 0.15) is 37.5 Å². The molecule has 0 fully saturated rings. The van der Waals surface area contributed by atoms with Crippen molar-refractivity contribution in [3.63, 3.8) is 0 Å². The molecule has 0 aromatic heterocycles. The zero-order chi connectivity index (χ0) is 23.8. The normalized spacial score (nSPS) is 12.0. The summed E-state index contributed by atoms with van der Waals surface area (Å²) in [4.78, 5) is 2.33. The quantitative estimate of drug-likeness (QED) is 0.294. The van der Waals surface area contributed by atoms with Gasteiger partial charge in [-0.3, -0.25) is 0 Å². The van der Waals surface area contributed by atoms with Crippen molar-refractivity contribution in [3.8, 4) is 11.5 Å². The Hall–Kier alpha value is -2.82. The van der Waals surface area contributed by atoms with Gasteiger partial charge in [-0.1, -0.05) is 55.8 Å². The summed E-state index contributed by atoms with van der Waals surface area (Å²) < 4.78 is 25.1. The van der Waals surface area contributed by atoms with Crippen molar-refractivity contribution >= 4 is 22.7 Å². The monoisotopic (exact) mass is 467 g/mol. The van der Waals surface area contributed by atoms with Gasteiger partial charge in [-0.05, 0) is 84.2 Å². The van der Waals surface area contributed by atoms with E-state index < -0.39 is 0 Å². The van der Waals surface area contributed by atoms with Crippen molar-refractivity contribution in [2.75, 3.05) is 33.4 Å². The Bertz CT molecular complexity index is 1070. The maximum absolute atomic E-state index is 14.0. The molecule has 0 unspecified atom stereocenters. The lowest BCUT2D eigenvalue weighted by atomic mass is 9.90. The molecule has 0 atom stereocenters. The summed E-state index contributed by atoms with van der Waals surface area (Å²) in [6, 6.07) is 20.8. The van der Waals surface area contributed by atoms with Gasteiger partial charge in [0.1, 0.15) is 12.4 Å². The Kier molecular flexibility index (Phi) is 8.93. The van der Waals surface area contributed by atoms with E-state index in [4.69, 9.17) is 21.1 Å². The topological polar surface area (TPSA) is 21.7 Å². The van der Waals surface area contributed by atoms with Crippen molar-refractivity contribution in [2.45, 2.75) is 20.8 Å². The third-order valence-corrected chi connectivity index (χ3v) is 6.06. The second kappa shape index (κ2) is 11.9. The van der Waals surface area contributed by atoms with Gasteiger partial charge < -0.3 is 14.4 Å². The van der Waals surface area contributed by atoms with Gasteiger partial charge in [-0.15, -0.1) is 0 Å². The summed E-state index contributed by atoms with van der Waals surface area (Å²) >= 11 is 6.13. The summed E-state index contributed by atoms with van der Waals surface area (Å²) in [6.45, 7) is 9.92. The van der Waals surface area contributed by atoms with Crippen LogP contribution in [-0.2, 0) is 0 Å². The van der Waals surface area contributed by atoms with E-state index in [1.807, 2.05) is 43.3 Å². The zero-order valence-electron chi connectivity index (χ0n) is 19.7. The number of nitrogens with zero attached hydrogens (tertiary/aromatic N) is 1. The van der Waals surface area contributed by atoms with Gasteiger partial charge in [0, 0.05) is 11.6 Å². The Morgan fingerprint density at radius 2 is 1.45 bits per heavy atom. The van der Waals surface area contributed by atoms with E-state index in [9.17, 15) is 4.39 Å². The number of hydrogen-bond acceptors (Lipinski definition) is 3. The lowest BCUT2D eigenvalue weighted by molar-refractivity contribution is 0.223. The summed E-state index contributed by atoms with van der Waals surface area (Å²) in [5, 5.41) is 0.677. The molecule has 3 rings (SSSR count). The average Bonchev–Trinajstić information content (AvgIpc) is 2.84. The van der Waals surface area contributed by atoms with Crippen LogP contribution in [0.25, 0.3) is 11.1 Å². The predicted molar refractivity (Wildman–Crippen MR) is 136 cm³/mol. The molecule has 0 radical (unpaired) electrons. The van der Waals surface area contributed by atoms with E-state index in [-0.39, 0.29) is 11.6 Å². The molecule has 0 aliphatic rings. The molecule has 3 aromatic rings. The minimum Gasteiger partial charge on any atom is -0.494 e. The fourth-order valence-electron chi connectivity index (χ4n) is 3.80. The van der Waals surface area contributed by atoms with Crippen molar-refractivity contribution in [3.05, 3.63) is 94.3 Å². The molecule has 0 N–H and O–H groups in total. The molecule has 0 amide bonds. The molecule has 0 saturated heterocycles. The summed E-state index contributed by atoms with van der Waals surface area (Å²) in [6.07, 6.45) is 0. The molecule has 33 heavy (non-hydrogen) atoms. The highest BCUT2D eigenvalue weighted by Crippen LogP contribution is 2.35. The van der Waals surface area contributed by atoms with E-state index in [0.717, 1.165) is 53.2 Å². The molecule has 0 aliphatic heterocycles. The number of halogens is 2. The Balaban J connectivity index is 1.95. The smallest absolute Gasteiger partial charge is 0.165 e.